The van der Waals surface area contributed by atoms with Crippen LogP contribution in [0.3, 0.4) is 0 Å². The second-order valence-corrected chi connectivity index (χ2v) is 8.34. The maximum Gasteiger partial charge on any atom is 0.295 e. The predicted molar refractivity (Wildman–Crippen MR) is 121 cm³/mol. The number of benzene rings is 2. The summed E-state index contributed by atoms with van der Waals surface area (Å²) in [6, 6.07) is 12.3. The van der Waals surface area contributed by atoms with E-state index in [0.717, 1.165) is 5.56 Å². The first kappa shape index (κ1) is 21.3. The molecule has 1 amide bonds. The number of aromatic nitrogens is 1. The molecule has 7 nitrogen and oxygen atoms in total. The van der Waals surface area contributed by atoms with Crippen LogP contribution >= 0.6 is 23.2 Å². The Morgan fingerprint density at radius 1 is 1.00 bits per heavy atom. The molecule has 0 radical (unpaired) electrons. The largest absolute Gasteiger partial charge is 0.507 e. The molecular weight excluding hydrogens is 467 g/mol. The van der Waals surface area contributed by atoms with E-state index in [1.807, 2.05) is 0 Å². The van der Waals surface area contributed by atoms with Crippen molar-refractivity contribution in [3.8, 4) is 11.5 Å². The van der Waals surface area contributed by atoms with Crippen molar-refractivity contribution in [1.29, 1.82) is 0 Å². The summed E-state index contributed by atoms with van der Waals surface area (Å²) in [6.45, 7) is 0.203. The van der Waals surface area contributed by atoms with Crippen LogP contribution in [0.2, 0.25) is 10.0 Å². The highest BCUT2D eigenvalue weighted by Crippen LogP contribution is 2.43. The molecule has 33 heavy (non-hydrogen) atoms. The Morgan fingerprint density at radius 2 is 1.76 bits per heavy atom. The molecule has 1 unspecified atom stereocenters. The number of hydrogen-bond acceptors (Lipinski definition) is 6. The van der Waals surface area contributed by atoms with Gasteiger partial charge in [-0.2, -0.15) is 0 Å². The van der Waals surface area contributed by atoms with E-state index in [9.17, 15) is 14.7 Å². The number of hydrogen-bond donors (Lipinski definition) is 1. The molecule has 1 saturated heterocycles. The van der Waals surface area contributed by atoms with Gasteiger partial charge in [-0.25, -0.2) is 0 Å². The van der Waals surface area contributed by atoms with E-state index in [0.29, 0.717) is 27.6 Å². The number of ether oxygens (including phenoxy) is 2. The van der Waals surface area contributed by atoms with Crippen molar-refractivity contribution in [3.05, 3.63) is 93.2 Å². The van der Waals surface area contributed by atoms with Gasteiger partial charge in [-0.1, -0.05) is 29.3 Å². The predicted octanol–water partition coefficient (Wildman–Crippen LogP) is 4.74. The van der Waals surface area contributed by atoms with Gasteiger partial charge in [-0.15, -0.1) is 0 Å². The third kappa shape index (κ3) is 3.79. The van der Waals surface area contributed by atoms with E-state index in [4.69, 9.17) is 32.7 Å². The van der Waals surface area contributed by atoms with Crippen LogP contribution in [0.15, 0.2) is 66.5 Å². The van der Waals surface area contributed by atoms with Gasteiger partial charge in [0.1, 0.15) is 5.76 Å². The number of Topliss-reactive ketones (excluding diaryl/α,β-unsaturated/α-hetero) is 1. The van der Waals surface area contributed by atoms with Gasteiger partial charge in [0.05, 0.1) is 21.7 Å². The highest BCUT2D eigenvalue weighted by molar-refractivity contribution is 6.46. The first-order valence-electron chi connectivity index (χ1n) is 9.96. The number of halogens is 2. The quantitative estimate of drug-likeness (QED) is 0.328. The minimum absolute atomic E-state index is 0.0497. The lowest BCUT2D eigenvalue weighted by molar-refractivity contribution is -0.140. The Balaban J connectivity index is 1.66. The monoisotopic (exact) mass is 482 g/mol. The molecule has 1 aromatic heterocycles. The lowest BCUT2D eigenvalue weighted by atomic mass is 9.95. The minimum Gasteiger partial charge on any atom is -0.507 e. The highest BCUT2D eigenvalue weighted by atomic mass is 35.5. The minimum atomic E-state index is -0.877. The normalized spacial score (nSPS) is 18.7. The second kappa shape index (κ2) is 8.42. The average molecular weight is 483 g/mol. The lowest BCUT2D eigenvalue weighted by Crippen LogP contribution is -2.29. The zero-order chi connectivity index (χ0) is 23.1. The Morgan fingerprint density at radius 3 is 2.52 bits per heavy atom. The number of carbonyl (C=O) groups excluding carboxylic acids is 2. The van der Waals surface area contributed by atoms with Crippen molar-refractivity contribution in [1.82, 2.24) is 9.88 Å². The summed E-state index contributed by atoms with van der Waals surface area (Å²) in [6.07, 6.45) is 3.21. The van der Waals surface area contributed by atoms with Gasteiger partial charge in [0.15, 0.2) is 11.5 Å². The summed E-state index contributed by atoms with van der Waals surface area (Å²) in [5, 5.41) is 11.8. The molecule has 2 aliphatic heterocycles. The number of amides is 1. The van der Waals surface area contributed by atoms with Crippen molar-refractivity contribution in [2.24, 2.45) is 0 Å². The van der Waals surface area contributed by atoms with Gasteiger partial charge in [-0.3, -0.25) is 14.6 Å². The molecular formula is C24H16Cl2N2O5. The smallest absolute Gasteiger partial charge is 0.295 e. The molecule has 166 valence electrons. The van der Waals surface area contributed by atoms with Gasteiger partial charge >= 0.3 is 0 Å². The number of aliphatic hydroxyl groups is 1. The topological polar surface area (TPSA) is 89.0 Å². The van der Waals surface area contributed by atoms with Crippen LogP contribution in [0.5, 0.6) is 11.5 Å². The first-order valence-corrected chi connectivity index (χ1v) is 10.7. The number of aliphatic hydroxyl groups excluding tert-OH is 1. The van der Waals surface area contributed by atoms with Crippen LogP contribution in [0.4, 0.5) is 0 Å². The number of rotatable bonds is 4. The summed E-state index contributed by atoms with van der Waals surface area (Å²) in [4.78, 5) is 31.6. The maximum absolute atomic E-state index is 13.2. The molecule has 0 saturated carbocycles. The Labute approximate surface area is 198 Å². The number of likely N-dealkylation sites (tertiary alicyclic amines) is 1. The van der Waals surface area contributed by atoms with Gasteiger partial charge in [0.25, 0.3) is 11.7 Å². The maximum atomic E-state index is 13.2. The number of nitrogens with zero attached hydrogens (tertiary/aromatic N) is 2. The summed E-state index contributed by atoms with van der Waals surface area (Å²) in [7, 11) is 0. The molecule has 2 aliphatic rings. The van der Waals surface area contributed by atoms with E-state index in [1.54, 1.807) is 60.9 Å². The van der Waals surface area contributed by atoms with E-state index in [2.05, 4.69) is 4.98 Å². The third-order valence-corrected chi connectivity index (χ3v) is 6.29. The zero-order valence-electron chi connectivity index (χ0n) is 17.0. The fraction of sp³-hybridized carbons (Fsp3) is 0.125. The van der Waals surface area contributed by atoms with E-state index < -0.39 is 17.7 Å². The van der Waals surface area contributed by atoms with Crippen molar-refractivity contribution < 1.29 is 24.2 Å². The molecule has 1 atom stereocenters. The number of ketones is 1. The lowest BCUT2D eigenvalue weighted by Gasteiger charge is -2.25. The SMILES string of the molecule is O=C1C(=O)N(Cc2ccncc2)C(c2ccc(Cl)c(Cl)c2)/C1=C(/O)c1ccc2c(c1)OCO2. The van der Waals surface area contributed by atoms with Crippen LogP contribution in [-0.2, 0) is 16.1 Å². The number of carbonyl (C=O) groups is 2. The van der Waals surface area contributed by atoms with Crippen molar-refractivity contribution in [2.45, 2.75) is 12.6 Å². The highest BCUT2D eigenvalue weighted by Gasteiger charge is 2.46. The summed E-state index contributed by atoms with van der Waals surface area (Å²) in [5.41, 5.74) is 1.59. The average Bonchev–Trinajstić information content (AvgIpc) is 3.39. The van der Waals surface area contributed by atoms with Gasteiger partial charge < -0.3 is 19.5 Å². The molecule has 0 aliphatic carbocycles. The zero-order valence-corrected chi connectivity index (χ0v) is 18.5. The van der Waals surface area contributed by atoms with Gasteiger partial charge in [0, 0.05) is 24.5 Å². The summed E-state index contributed by atoms with van der Waals surface area (Å²) < 4.78 is 10.7. The molecule has 0 bridgehead atoms. The second-order valence-electron chi connectivity index (χ2n) is 7.52. The Hall–Kier alpha value is -3.55. The van der Waals surface area contributed by atoms with Crippen molar-refractivity contribution >= 4 is 40.7 Å². The van der Waals surface area contributed by atoms with E-state index >= 15 is 0 Å². The molecule has 1 fully saturated rings. The van der Waals surface area contributed by atoms with Crippen LogP contribution in [0, 0.1) is 0 Å². The Bertz CT molecular complexity index is 1310. The van der Waals surface area contributed by atoms with E-state index in [1.165, 1.54) is 4.90 Å². The summed E-state index contributed by atoms with van der Waals surface area (Å²) in [5.74, 6) is -0.873. The van der Waals surface area contributed by atoms with Crippen LogP contribution in [0.1, 0.15) is 22.7 Å². The van der Waals surface area contributed by atoms with Gasteiger partial charge in [-0.05, 0) is 53.6 Å². The first-order chi connectivity index (χ1) is 15.9. The summed E-state index contributed by atoms with van der Waals surface area (Å²) >= 11 is 12.3. The number of fused-ring (bicyclic) bond motifs is 1. The van der Waals surface area contributed by atoms with Crippen LogP contribution < -0.4 is 9.47 Å². The molecule has 5 rings (SSSR count). The third-order valence-electron chi connectivity index (χ3n) is 5.55. The standard InChI is InChI=1S/C24H16Cl2N2O5/c25-16-3-1-14(9-17(16)26)21-20(22(29)15-2-4-18-19(10-15)33-12-32-18)23(30)24(31)28(21)11-13-5-7-27-8-6-13/h1-10,21,29H,11-12H2/b22-20-. The molecule has 1 N–H and O–H groups in total. The van der Waals surface area contributed by atoms with Crippen LogP contribution in [-0.4, -0.2) is 33.5 Å². The van der Waals surface area contributed by atoms with E-state index in [-0.39, 0.29) is 29.7 Å². The fourth-order valence-electron chi connectivity index (χ4n) is 3.96. The van der Waals surface area contributed by atoms with Gasteiger partial charge in [0.2, 0.25) is 6.79 Å². The number of pyridine rings is 1. The molecule has 2 aromatic carbocycles. The Kier molecular flexibility index (Phi) is 5.44. The molecule has 0 spiro atoms. The fourth-order valence-corrected chi connectivity index (χ4v) is 4.26. The van der Waals surface area contributed by atoms with Crippen molar-refractivity contribution in [3.63, 3.8) is 0 Å². The molecule has 9 heteroatoms. The molecule has 3 aromatic rings. The molecule has 3 heterocycles. The van der Waals surface area contributed by atoms with Crippen molar-refractivity contribution in [2.75, 3.05) is 6.79 Å². The van der Waals surface area contributed by atoms with Crippen LogP contribution in [0.25, 0.3) is 5.76 Å².